The number of aryl methyl sites for hydroxylation is 1. The largest absolute Gasteiger partial charge is 0.495 e. The summed E-state index contributed by atoms with van der Waals surface area (Å²) in [5.74, 6) is 0.345. The van der Waals surface area contributed by atoms with E-state index in [9.17, 15) is 13.2 Å². The zero-order valence-electron chi connectivity index (χ0n) is 15.0. The molecule has 9 heteroatoms. The molecule has 0 radical (unpaired) electrons. The fourth-order valence-electron chi connectivity index (χ4n) is 2.78. The molecule has 2 aromatic rings. The molecule has 0 bridgehead atoms. The number of rotatable bonds is 4. The lowest BCUT2D eigenvalue weighted by Crippen LogP contribution is -2.48. The van der Waals surface area contributed by atoms with E-state index in [2.05, 4.69) is 5.32 Å². The maximum Gasteiger partial charge on any atom is 0.267 e. The van der Waals surface area contributed by atoms with Gasteiger partial charge < -0.3 is 14.8 Å². The van der Waals surface area contributed by atoms with E-state index in [0.29, 0.717) is 27.9 Å². The van der Waals surface area contributed by atoms with Gasteiger partial charge in [-0.15, -0.1) is 0 Å². The number of hydrogen-bond donors (Lipinski definition) is 1. The summed E-state index contributed by atoms with van der Waals surface area (Å²) in [6, 6.07) is 9.98. The summed E-state index contributed by atoms with van der Waals surface area (Å²) in [7, 11) is -2.08. The minimum absolute atomic E-state index is 0.120. The second-order valence-electron chi connectivity index (χ2n) is 6.21. The highest BCUT2D eigenvalue weighted by Gasteiger charge is 2.35. The van der Waals surface area contributed by atoms with Crippen molar-refractivity contribution >= 4 is 38.9 Å². The lowest BCUT2D eigenvalue weighted by Gasteiger charge is -2.34. The van der Waals surface area contributed by atoms with Crippen LogP contribution in [0.4, 0.5) is 11.4 Å². The molecule has 2 aromatic carbocycles. The summed E-state index contributed by atoms with van der Waals surface area (Å²) in [5.41, 5.74) is 1.77. The summed E-state index contributed by atoms with van der Waals surface area (Å²) in [5, 5.41) is 3.04. The molecule has 1 aliphatic rings. The van der Waals surface area contributed by atoms with Crippen molar-refractivity contribution in [1.82, 2.24) is 0 Å². The lowest BCUT2D eigenvalue weighted by atomic mass is 10.1. The van der Waals surface area contributed by atoms with Crippen LogP contribution >= 0.6 is 11.6 Å². The first-order chi connectivity index (χ1) is 12.7. The normalized spacial score (nSPS) is 16.3. The molecule has 1 heterocycles. The SMILES string of the molecule is COc1ccc(NC(=O)C2CN(S(C)(=O)=O)c3cc(C)ccc3O2)cc1Cl. The van der Waals surface area contributed by atoms with Crippen molar-refractivity contribution in [2.24, 2.45) is 0 Å². The van der Waals surface area contributed by atoms with Crippen LogP contribution in [0.15, 0.2) is 36.4 Å². The highest BCUT2D eigenvalue weighted by molar-refractivity contribution is 7.92. The molecule has 1 N–H and O–H groups in total. The van der Waals surface area contributed by atoms with Crippen LogP contribution in [0.3, 0.4) is 0 Å². The standard InChI is InChI=1S/C18H19ClN2O5S/c1-11-4-6-16-14(8-11)21(27(3,23)24)10-17(26-16)18(22)20-12-5-7-15(25-2)13(19)9-12/h4-9,17H,10H2,1-3H3,(H,20,22). The number of sulfonamides is 1. The summed E-state index contributed by atoms with van der Waals surface area (Å²) in [4.78, 5) is 12.7. The van der Waals surface area contributed by atoms with Crippen LogP contribution in [0.5, 0.6) is 11.5 Å². The quantitative estimate of drug-likeness (QED) is 0.837. The fourth-order valence-corrected chi connectivity index (χ4v) is 3.94. The van der Waals surface area contributed by atoms with Gasteiger partial charge in [0.15, 0.2) is 6.10 Å². The van der Waals surface area contributed by atoms with Crippen molar-refractivity contribution in [3.63, 3.8) is 0 Å². The molecule has 1 amide bonds. The molecule has 0 spiro atoms. The van der Waals surface area contributed by atoms with Gasteiger partial charge in [0.25, 0.3) is 5.91 Å². The maximum absolute atomic E-state index is 12.7. The van der Waals surface area contributed by atoms with Crippen LogP contribution in [-0.2, 0) is 14.8 Å². The minimum Gasteiger partial charge on any atom is -0.495 e. The Labute approximate surface area is 162 Å². The van der Waals surface area contributed by atoms with Crippen molar-refractivity contribution in [2.75, 3.05) is 29.5 Å². The number of carbonyl (C=O) groups is 1. The molecular formula is C18H19ClN2O5S. The van der Waals surface area contributed by atoms with Crippen molar-refractivity contribution in [2.45, 2.75) is 13.0 Å². The van der Waals surface area contributed by atoms with Crippen molar-refractivity contribution < 1.29 is 22.7 Å². The van der Waals surface area contributed by atoms with E-state index >= 15 is 0 Å². The van der Waals surface area contributed by atoms with E-state index in [1.165, 1.54) is 11.4 Å². The molecule has 0 aliphatic carbocycles. The summed E-state index contributed by atoms with van der Waals surface area (Å²) >= 11 is 6.07. The Balaban J connectivity index is 1.86. The maximum atomic E-state index is 12.7. The van der Waals surface area contributed by atoms with Gasteiger partial charge in [0, 0.05) is 5.69 Å². The van der Waals surface area contributed by atoms with E-state index < -0.39 is 22.0 Å². The summed E-state index contributed by atoms with van der Waals surface area (Å²) in [6.45, 7) is 1.73. The van der Waals surface area contributed by atoms with Crippen LogP contribution in [0, 0.1) is 6.92 Å². The molecule has 1 atom stereocenters. The molecule has 144 valence electrons. The predicted molar refractivity (Wildman–Crippen MR) is 104 cm³/mol. The highest BCUT2D eigenvalue weighted by atomic mass is 35.5. The van der Waals surface area contributed by atoms with Crippen LogP contribution < -0.4 is 19.1 Å². The summed E-state index contributed by atoms with van der Waals surface area (Å²) in [6.07, 6.45) is 0.0960. The molecule has 1 unspecified atom stereocenters. The predicted octanol–water partition coefficient (Wildman–Crippen LogP) is 2.82. The highest BCUT2D eigenvalue weighted by Crippen LogP contribution is 2.36. The Morgan fingerprint density at radius 3 is 2.67 bits per heavy atom. The molecule has 27 heavy (non-hydrogen) atoms. The third-order valence-corrected chi connectivity index (χ3v) is 5.54. The Morgan fingerprint density at radius 1 is 1.30 bits per heavy atom. The Bertz CT molecular complexity index is 993. The molecule has 3 rings (SSSR count). The van der Waals surface area contributed by atoms with Gasteiger partial charge in [0.1, 0.15) is 11.5 Å². The van der Waals surface area contributed by atoms with Gasteiger partial charge in [0.2, 0.25) is 10.0 Å². The Morgan fingerprint density at radius 2 is 2.04 bits per heavy atom. The number of amides is 1. The van der Waals surface area contributed by atoms with E-state index in [-0.39, 0.29) is 6.54 Å². The number of nitrogens with zero attached hydrogens (tertiary/aromatic N) is 1. The first-order valence-corrected chi connectivity index (χ1v) is 10.3. The third kappa shape index (κ3) is 4.12. The van der Waals surface area contributed by atoms with Gasteiger partial charge in [-0.2, -0.15) is 0 Å². The molecule has 0 fully saturated rings. The van der Waals surface area contributed by atoms with Crippen LogP contribution in [0.2, 0.25) is 5.02 Å². The second kappa shape index (κ2) is 7.28. The monoisotopic (exact) mass is 410 g/mol. The average Bonchev–Trinajstić information content (AvgIpc) is 2.60. The number of anilines is 2. The van der Waals surface area contributed by atoms with E-state index in [0.717, 1.165) is 11.8 Å². The minimum atomic E-state index is -3.58. The molecular weight excluding hydrogens is 392 g/mol. The Hall–Kier alpha value is -2.45. The third-order valence-electron chi connectivity index (χ3n) is 4.10. The zero-order valence-corrected chi connectivity index (χ0v) is 16.6. The van der Waals surface area contributed by atoms with E-state index in [1.807, 2.05) is 6.92 Å². The van der Waals surface area contributed by atoms with Crippen LogP contribution in [0.1, 0.15) is 5.56 Å². The molecule has 1 aliphatic heterocycles. The first kappa shape index (κ1) is 19.3. The molecule has 0 saturated heterocycles. The fraction of sp³-hybridized carbons (Fsp3) is 0.278. The van der Waals surface area contributed by atoms with Gasteiger partial charge in [-0.25, -0.2) is 8.42 Å². The second-order valence-corrected chi connectivity index (χ2v) is 8.52. The van der Waals surface area contributed by atoms with Crippen molar-refractivity contribution in [3.05, 3.63) is 47.0 Å². The number of benzene rings is 2. The number of halogens is 1. The lowest BCUT2D eigenvalue weighted by molar-refractivity contribution is -0.122. The van der Waals surface area contributed by atoms with Crippen LogP contribution in [-0.4, -0.2) is 40.3 Å². The van der Waals surface area contributed by atoms with Gasteiger partial charge in [0.05, 0.1) is 30.6 Å². The van der Waals surface area contributed by atoms with Crippen molar-refractivity contribution in [3.8, 4) is 11.5 Å². The van der Waals surface area contributed by atoms with Gasteiger partial charge in [-0.05, 0) is 42.8 Å². The molecule has 0 aromatic heterocycles. The number of ether oxygens (including phenoxy) is 2. The van der Waals surface area contributed by atoms with E-state index in [1.54, 1.807) is 36.4 Å². The van der Waals surface area contributed by atoms with Gasteiger partial charge in [-0.3, -0.25) is 9.10 Å². The van der Waals surface area contributed by atoms with Gasteiger partial charge >= 0.3 is 0 Å². The number of methoxy groups -OCH3 is 1. The Kier molecular flexibility index (Phi) is 5.21. The summed E-state index contributed by atoms with van der Waals surface area (Å²) < 4.78 is 36.4. The topological polar surface area (TPSA) is 84.9 Å². The number of nitrogens with one attached hydrogen (secondary N) is 1. The smallest absolute Gasteiger partial charge is 0.267 e. The number of carbonyl (C=O) groups excluding carboxylic acids is 1. The van der Waals surface area contributed by atoms with Gasteiger partial charge in [-0.1, -0.05) is 17.7 Å². The molecule has 7 nitrogen and oxygen atoms in total. The van der Waals surface area contributed by atoms with Crippen LogP contribution in [0.25, 0.3) is 0 Å². The number of hydrogen-bond acceptors (Lipinski definition) is 5. The molecule has 0 saturated carbocycles. The van der Waals surface area contributed by atoms with E-state index in [4.69, 9.17) is 21.1 Å². The number of fused-ring (bicyclic) bond motifs is 1. The average molecular weight is 411 g/mol. The van der Waals surface area contributed by atoms with Crippen molar-refractivity contribution in [1.29, 1.82) is 0 Å². The first-order valence-electron chi connectivity index (χ1n) is 8.08. The zero-order chi connectivity index (χ0) is 19.8.